The molecule has 1 aliphatic rings. The number of aliphatic carboxylic acids is 1. The first-order valence-electron chi connectivity index (χ1n) is 6.88. The lowest BCUT2D eigenvalue weighted by Gasteiger charge is -2.16. The molecule has 0 saturated carbocycles. The van der Waals surface area contributed by atoms with E-state index >= 15 is 0 Å². The average molecular weight is 275 g/mol. The van der Waals surface area contributed by atoms with Gasteiger partial charge in [0.05, 0.1) is 6.61 Å². The van der Waals surface area contributed by atoms with E-state index in [1.807, 2.05) is 12.1 Å². The van der Waals surface area contributed by atoms with Gasteiger partial charge in [-0.1, -0.05) is 24.3 Å². The van der Waals surface area contributed by atoms with E-state index in [4.69, 9.17) is 9.84 Å². The summed E-state index contributed by atoms with van der Waals surface area (Å²) in [6.45, 7) is 4.00. The molecule has 0 amide bonds. The van der Waals surface area contributed by atoms with Crippen molar-refractivity contribution in [2.45, 2.75) is 13.0 Å². The minimum absolute atomic E-state index is 0.651. The van der Waals surface area contributed by atoms with E-state index < -0.39 is 5.97 Å². The molecule has 0 radical (unpaired) electrons. The summed E-state index contributed by atoms with van der Waals surface area (Å²) in [4.78, 5) is 12.9. The molecule has 2 rings (SSSR count). The predicted molar refractivity (Wildman–Crippen MR) is 78.4 cm³/mol. The summed E-state index contributed by atoms with van der Waals surface area (Å²) < 4.78 is 5.20. The van der Waals surface area contributed by atoms with Crippen LogP contribution in [0, 0.1) is 5.92 Å². The molecule has 4 heteroatoms. The van der Waals surface area contributed by atoms with Crippen molar-refractivity contribution in [2.24, 2.45) is 5.92 Å². The Morgan fingerprint density at radius 1 is 1.45 bits per heavy atom. The maximum absolute atomic E-state index is 10.5. The lowest BCUT2D eigenvalue weighted by molar-refractivity contribution is -0.131. The molecule has 1 heterocycles. The molecule has 1 N–H and O–H groups in total. The number of rotatable bonds is 6. The molecule has 0 aliphatic carbocycles. The Balaban J connectivity index is 1.86. The first-order valence-corrected chi connectivity index (χ1v) is 6.88. The Labute approximate surface area is 119 Å². The van der Waals surface area contributed by atoms with Gasteiger partial charge in [0.15, 0.2) is 0 Å². The quantitative estimate of drug-likeness (QED) is 0.809. The average Bonchev–Trinajstić information content (AvgIpc) is 2.86. The van der Waals surface area contributed by atoms with Crippen LogP contribution in [0.25, 0.3) is 6.08 Å². The third-order valence-electron chi connectivity index (χ3n) is 3.58. The molecular formula is C16H21NO3. The third kappa shape index (κ3) is 4.47. The van der Waals surface area contributed by atoms with Gasteiger partial charge in [0.25, 0.3) is 0 Å². The highest BCUT2D eigenvalue weighted by molar-refractivity contribution is 5.85. The van der Waals surface area contributed by atoms with E-state index in [1.165, 1.54) is 12.0 Å². The number of methoxy groups -OCH3 is 1. The zero-order valence-electron chi connectivity index (χ0n) is 11.8. The Kier molecular flexibility index (Phi) is 5.32. The Morgan fingerprint density at radius 2 is 2.20 bits per heavy atom. The van der Waals surface area contributed by atoms with Crippen LogP contribution < -0.4 is 0 Å². The lowest BCUT2D eigenvalue weighted by atomic mass is 10.1. The number of carbonyl (C=O) groups is 1. The smallest absolute Gasteiger partial charge is 0.328 e. The Hall–Kier alpha value is -1.65. The molecule has 1 aromatic carbocycles. The molecule has 1 aliphatic heterocycles. The van der Waals surface area contributed by atoms with Crippen LogP contribution in [0.4, 0.5) is 0 Å². The first kappa shape index (κ1) is 14.8. The van der Waals surface area contributed by atoms with Gasteiger partial charge in [-0.2, -0.15) is 0 Å². The van der Waals surface area contributed by atoms with Crippen molar-refractivity contribution in [3.63, 3.8) is 0 Å². The molecule has 1 atom stereocenters. The second-order valence-corrected chi connectivity index (χ2v) is 5.26. The van der Waals surface area contributed by atoms with E-state index in [-0.39, 0.29) is 0 Å². The van der Waals surface area contributed by atoms with Gasteiger partial charge in [-0.25, -0.2) is 4.79 Å². The number of likely N-dealkylation sites (tertiary alicyclic amines) is 1. The topological polar surface area (TPSA) is 49.8 Å². The molecule has 108 valence electrons. The fourth-order valence-corrected chi connectivity index (χ4v) is 2.59. The summed E-state index contributed by atoms with van der Waals surface area (Å²) in [7, 11) is 1.76. The second kappa shape index (κ2) is 7.22. The minimum Gasteiger partial charge on any atom is -0.478 e. The Morgan fingerprint density at radius 3 is 2.85 bits per heavy atom. The van der Waals surface area contributed by atoms with Gasteiger partial charge in [0, 0.05) is 26.3 Å². The molecule has 0 aromatic heterocycles. The minimum atomic E-state index is -0.921. The van der Waals surface area contributed by atoms with Crippen molar-refractivity contribution in [2.75, 3.05) is 26.8 Å². The van der Waals surface area contributed by atoms with E-state index in [0.717, 1.165) is 37.9 Å². The van der Waals surface area contributed by atoms with Crippen LogP contribution in [0.15, 0.2) is 30.3 Å². The largest absolute Gasteiger partial charge is 0.478 e. The molecule has 20 heavy (non-hydrogen) atoms. The maximum Gasteiger partial charge on any atom is 0.328 e. The van der Waals surface area contributed by atoms with Gasteiger partial charge < -0.3 is 9.84 Å². The van der Waals surface area contributed by atoms with Gasteiger partial charge >= 0.3 is 5.97 Å². The maximum atomic E-state index is 10.5. The van der Waals surface area contributed by atoms with Crippen molar-refractivity contribution in [3.8, 4) is 0 Å². The van der Waals surface area contributed by atoms with Crippen LogP contribution in [0.3, 0.4) is 0 Å². The highest BCUT2D eigenvalue weighted by Gasteiger charge is 2.21. The molecule has 1 fully saturated rings. The van der Waals surface area contributed by atoms with Crippen molar-refractivity contribution >= 4 is 12.0 Å². The van der Waals surface area contributed by atoms with Gasteiger partial charge in [-0.15, -0.1) is 0 Å². The normalized spacial score (nSPS) is 19.8. The van der Waals surface area contributed by atoms with Gasteiger partial charge in [-0.05, 0) is 36.1 Å². The van der Waals surface area contributed by atoms with Crippen LogP contribution >= 0.6 is 0 Å². The van der Waals surface area contributed by atoms with Crippen molar-refractivity contribution < 1.29 is 14.6 Å². The standard InChI is InChI=1S/C16H21NO3/c1-20-12-15-8-9-17(11-15)10-14-4-2-13(3-5-14)6-7-16(18)19/h2-7,15H,8-12H2,1H3,(H,18,19). The molecule has 1 saturated heterocycles. The molecule has 0 bridgehead atoms. The first-order chi connectivity index (χ1) is 9.67. The Bertz CT molecular complexity index is 467. The number of nitrogens with zero attached hydrogens (tertiary/aromatic N) is 1. The van der Waals surface area contributed by atoms with E-state index in [0.29, 0.717) is 5.92 Å². The number of carboxylic acid groups (broad SMARTS) is 1. The molecule has 4 nitrogen and oxygen atoms in total. The van der Waals surface area contributed by atoms with Gasteiger partial charge in [0.1, 0.15) is 0 Å². The number of benzene rings is 1. The van der Waals surface area contributed by atoms with Crippen LogP contribution in [0.5, 0.6) is 0 Å². The van der Waals surface area contributed by atoms with Crippen molar-refractivity contribution in [1.82, 2.24) is 4.90 Å². The third-order valence-corrected chi connectivity index (χ3v) is 3.58. The number of hydrogen-bond donors (Lipinski definition) is 1. The second-order valence-electron chi connectivity index (χ2n) is 5.26. The monoisotopic (exact) mass is 275 g/mol. The fraction of sp³-hybridized carbons (Fsp3) is 0.438. The molecule has 0 spiro atoms. The summed E-state index contributed by atoms with van der Waals surface area (Å²) in [5.74, 6) is -0.270. The van der Waals surface area contributed by atoms with E-state index in [9.17, 15) is 4.79 Å². The zero-order valence-corrected chi connectivity index (χ0v) is 11.8. The highest BCUT2D eigenvalue weighted by atomic mass is 16.5. The predicted octanol–water partition coefficient (Wildman–Crippen LogP) is 2.25. The zero-order chi connectivity index (χ0) is 14.4. The number of hydrogen-bond acceptors (Lipinski definition) is 3. The SMILES string of the molecule is COCC1CCN(Cc2ccc(C=CC(=O)O)cc2)C1. The molecule has 1 unspecified atom stereocenters. The van der Waals surface area contributed by atoms with Crippen molar-refractivity contribution in [1.29, 1.82) is 0 Å². The number of carboxylic acids is 1. The number of ether oxygens (including phenoxy) is 1. The van der Waals surface area contributed by atoms with Crippen LogP contribution in [0.2, 0.25) is 0 Å². The van der Waals surface area contributed by atoms with E-state index in [1.54, 1.807) is 13.2 Å². The summed E-state index contributed by atoms with van der Waals surface area (Å²) in [6.07, 6.45) is 3.97. The summed E-state index contributed by atoms with van der Waals surface area (Å²) in [5, 5.41) is 8.58. The van der Waals surface area contributed by atoms with E-state index in [2.05, 4.69) is 17.0 Å². The van der Waals surface area contributed by atoms with Crippen molar-refractivity contribution in [3.05, 3.63) is 41.5 Å². The summed E-state index contributed by atoms with van der Waals surface area (Å²) in [5.41, 5.74) is 2.17. The molecular weight excluding hydrogens is 254 g/mol. The summed E-state index contributed by atoms with van der Waals surface area (Å²) >= 11 is 0. The van der Waals surface area contributed by atoms with Gasteiger partial charge in [-0.3, -0.25) is 4.90 Å². The highest BCUT2D eigenvalue weighted by Crippen LogP contribution is 2.19. The summed E-state index contributed by atoms with van der Waals surface area (Å²) in [6, 6.07) is 8.03. The fourth-order valence-electron chi connectivity index (χ4n) is 2.59. The van der Waals surface area contributed by atoms with Crippen LogP contribution in [0.1, 0.15) is 17.5 Å². The van der Waals surface area contributed by atoms with Gasteiger partial charge in [0.2, 0.25) is 0 Å². The molecule has 1 aromatic rings. The lowest BCUT2D eigenvalue weighted by Crippen LogP contribution is -2.21. The van der Waals surface area contributed by atoms with Crippen LogP contribution in [-0.2, 0) is 16.1 Å². The van der Waals surface area contributed by atoms with Crippen LogP contribution in [-0.4, -0.2) is 42.8 Å².